The van der Waals surface area contributed by atoms with E-state index in [9.17, 15) is 19.8 Å². The van der Waals surface area contributed by atoms with Crippen LogP contribution in [0, 0.1) is 28.6 Å². The Kier molecular flexibility index (Phi) is 4.17. The molecule has 0 heterocycles. The topological polar surface area (TPSA) is 74.6 Å². The largest absolute Gasteiger partial charge is 0.390 e. The zero-order valence-electron chi connectivity index (χ0n) is 17.2. The van der Waals surface area contributed by atoms with Crippen molar-refractivity contribution in [2.24, 2.45) is 28.6 Å². The molecule has 4 aliphatic carbocycles. The van der Waals surface area contributed by atoms with Gasteiger partial charge in [0.2, 0.25) is 0 Å². The quantitative estimate of drug-likeness (QED) is 0.759. The molecule has 0 aromatic heterocycles. The second kappa shape index (κ2) is 5.85. The molecular weight excluding hydrogens is 359 g/mol. The molecule has 0 aromatic carbocycles. The maximum Gasteiger partial charge on any atom is 0.178 e. The standard InChI is InChI=1S/C23H31FO4/c1-5-18(26)23(28)13(2)10-17-16-7-6-14-11-15(25)8-9-20(14,3)22(16,24)19(27)12-21(17,23)4/h8-9,11,13,16-17,19,27-28H,5-7,10,12H2,1-4H3/t13-,16+,17+,19?,20+,21+,22+,23+/m1/s1. The van der Waals surface area contributed by atoms with Crippen molar-refractivity contribution in [3.05, 3.63) is 23.8 Å². The Balaban J connectivity index is 1.84. The van der Waals surface area contributed by atoms with E-state index in [1.54, 1.807) is 19.9 Å². The zero-order chi connectivity index (χ0) is 20.7. The van der Waals surface area contributed by atoms with Crippen LogP contribution in [-0.2, 0) is 9.59 Å². The molecule has 0 aliphatic heterocycles. The van der Waals surface area contributed by atoms with Crippen molar-refractivity contribution in [1.29, 1.82) is 0 Å². The summed E-state index contributed by atoms with van der Waals surface area (Å²) in [7, 11) is 0. The minimum atomic E-state index is -1.92. The van der Waals surface area contributed by atoms with Crippen molar-refractivity contribution in [3.8, 4) is 0 Å². The third-order valence-corrected chi connectivity index (χ3v) is 8.97. The van der Waals surface area contributed by atoms with E-state index in [0.29, 0.717) is 19.3 Å². The lowest BCUT2D eigenvalue weighted by atomic mass is 9.44. The number of fused-ring (bicyclic) bond motifs is 5. The number of Topliss-reactive ketones (excluding diaryl/α,β-unsaturated/α-hetero) is 1. The molecule has 0 spiro atoms. The smallest absolute Gasteiger partial charge is 0.178 e. The van der Waals surface area contributed by atoms with Crippen molar-refractivity contribution >= 4 is 11.6 Å². The Morgan fingerprint density at radius 3 is 2.64 bits per heavy atom. The van der Waals surface area contributed by atoms with Gasteiger partial charge >= 0.3 is 0 Å². The predicted molar refractivity (Wildman–Crippen MR) is 103 cm³/mol. The van der Waals surface area contributed by atoms with Gasteiger partial charge in [0.1, 0.15) is 5.60 Å². The van der Waals surface area contributed by atoms with Crippen LogP contribution in [-0.4, -0.2) is 39.2 Å². The third kappa shape index (κ3) is 2.02. The number of halogens is 1. The molecule has 1 unspecified atom stereocenters. The summed E-state index contributed by atoms with van der Waals surface area (Å²) in [5.74, 6) is -1.29. The highest BCUT2D eigenvalue weighted by atomic mass is 19.1. The van der Waals surface area contributed by atoms with Crippen LogP contribution in [0.4, 0.5) is 4.39 Å². The number of hydrogen-bond donors (Lipinski definition) is 2. The van der Waals surface area contributed by atoms with E-state index < -0.39 is 34.1 Å². The van der Waals surface area contributed by atoms with Crippen LogP contribution in [0.3, 0.4) is 0 Å². The molecule has 5 heteroatoms. The lowest BCUT2D eigenvalue weighted by Crippen LogP contribution is -2.69. The first-order valence-corrected chi connectivity index (χ1v) is 10.5. The number of alkyl halides is 1. The van der Waals surface area contributed by atoms with Gasteiger partial charge in [0.25, 0.3) is 0 Å². The number of aliphatic hydroxyl groups excluding tert-OH is 1. The van der Waals surface area contributed by atoms with E-state index in [-0.39, 0.29) is 36.2 Å². The lowest BCUT2D eigenvalue weighted by Gasteiger charge is -2.62. The average Bonchev–Trinajstić information content (AvgIpc) is 2.84. The van der Waals surface area contributed by atoms with Crippen LogP contribution in [0.1, 0.15) is 59.8 Å². The first kappa shape index (κ1) is 20.0. The molecule has 4 rings (SSSR count). The molecule has 0 bridgehead atoms. The van der Waals surface area contributed by atoms with Crippen LogP contribution >= 0.6 is 0 Å². The van der Waals surface area contributed by atoms with E-state index >= 15 is 4.39 Å². The molecule has 3 fully saturated rings. The summed E-state index contributed by atoms with van der Waals surface area (Å²) in [6.45, 7) is 7.26. The molecule has 0 amide bonds. The maximum absolute atomic E-state index is 16.9. The Morgan fingerprint density at radius 1 is 1.32 bits per heavy atom. The Hall–Kier alpha value is -1.33. The molecule has 3 saturated carbocycles. The minimum absolute atomic E-state index is 0.0436. The minimum Gasteiger partial charge on any atom is -0.390 e. The van der Waals surface area contributed by atoms with Crippen LogP contribution in [0.25, 0.3) is 0 Å². The highest BCUT2D eigenvalue weighted by Crippen LogP contribution is 2.70. The fourth-order valence-corrected chi connectivity index (χ4v) is 7.41. The van der Waals surface area contributed by atoms with E-state index in [1.165, 1.54) is 12.2 Å². The summed E-state index contributed by atoms with van der Waals surface area (Å²) >= 11 is 0. The Morgan fingerprint density at radius 2 is 2.00 bits per heavy atom. The van der Waals surface area contributed by atoms with Crippen molar-refractivity contribution in [3.63, 3.8) is 0 Å². The molecular formula is C23H31FO4. The second-order valence-corrected chi connectivity index (χ2v) is 9.94. The maximum atomic E-state index is 16.9. The number of rotatable bonds is 2. The molecule has 4 aliphatic rings. The van der Waals surface area contributed by atoms with Gasteiger partial charge in [-0.25, -0.2) is 4.39 Å². The van der Waals surface area contributed by atoms with E-state index in [1.807, 2.05) is 13.8 Å². The van der Waals surface area contributed by atoms with Crippen LogP contribution in [0.2, 0.25) is 0 Å². The first-order valence-electron chi connectivity index (χ1n) is 10.5. The molecule has 4 nitrogen and oxygen atoms in total. The SMILES string of the molecule is CCC(=O)[C@@]1(O)[C@H](C)C[C@H]2[C@@H]3CCC4=CC(=O)C=C[C@]4(C)[C@@]3(F)C(O)C[C@@]21C. The zero-order valence-corrected chi connectivity index (χ0v) is 17.2. The number of aliphatic hydroxyl groups is 2. The summed E-state index contributed by atoms with van der Waals surface area (Å²) in [4.78, 5) is 24.7. The normalized spacial score (nSPS) is 52.5. The van der Waals surface area contributed by atoms with Gasteiger partial charge < -0.3 is 10.2 Å². The number of allylic oxidation sites excluding steroid dienone is 4. The third-order valence-electron chi connectivity index (χ3n) is 8.97. The first-order chi connectivity index (χ1) is 13.0. The Labute approximate surface area is 165 Å². The molecule has 0 aromatic rings. The summed E-state index contributed by atoms with van der Waals surface area (Å²) < 4.78 is 16.9. The van der Waals surface area contributed by atoms with Crippen LogP contribution < -0.4 is 0 Å². The van der Waals surface area contributed by atoms with Crippen LogP contribution in [0.15, 0.2) is 23.8 Å². The van der Waals surface area contributed by atoms with Crippen LogP contribution in [0.5, 0.6) is 0 Å². The molecule has 8 atom stereocenters. The Bertz CT molecular complexity index is 802. The van der Waals surface area contributed by atoms with Gasteiger partial charge in [0, 0.05) is 23.2 Å². The molecule has 2 N–H and O–H groups in total. The van der Waals surface area contributed by atoms with Gasteiger partial charge in [-0.1, -0.05) is 32.4 Å². The van der Waals surface area contributed by atoms with Gasteiger partial charge in [0.05, 0.1) is 6.10 Å². The van der Waals surface area contributed by atoms with Crippen molar-refractivity contribution in [2.75, 3.05) is 0 Å². The van der Waals surface area contributed by atoms with Gasteiger partial charge in [-0.05, 0) is 56.6 Å². The number of ketones is 2. The van der Waals surface area contributed by atoms with E-state index in [4.69, 9.17) is 0 Å². The highest BCUT2D eigenvalue weighted by molar-refractivity contribution is 6.01. The monoisotopic (exact) mass is 390 g/mol. The van der Waals surface area contributed by atoms with Gasteiger partial charge in [-0.2, -0.15) is 0 Å². The van der Waals surface area contributed by atoms with Gasteiger partial charge in [-0.3, -0.25) is 9.59 Å². The van der Waals surface area contributed by atoms with E-state index in [2.05, 4.69) is 0 Å². The van der Waals surface area contributed by atoms with Crippen molar-refractivity contribution in [1.82, 2.24) is 0 Å². The number of carbonyl (C=O) groups excluding carboxylic acids is 2. The average molecular weight is 390 g/mol. The van der Waals surface area contributed by atoms with E-state index in [0.717, 1.165) is 5.57 Å². The molecule has 0 radical (unpaired) electrons. The fourth-order valence-electron chi connectivity index (χ4n) is 7.41. The lowest BCUT2D eigenvalue weighted by molar-refractivity contribution is -0.218. The fraction of sp³-hybridized carbons (Fsp3) is 0.739. The van der Waals surface area contributed by atoms with Gasteiger partial charge in [0.15, 0.2) is 17.2 Å². The number of hydrogen-bond acceptors (Lipinski definition) is 4. The number of carbonyl (C=O) groups is 2. The predicted octanol–water partition coefficient (Wildman–Crippen LogP) is 3.31. The molecule has 28 heavy (non-hydrogen) atoms. The van der Waals surface area contributed by atoms with Gasteiger partial charge in [-0.15, -0.1) is 0 Å². The van der Waals surface area contributed by atoms with Crippen molar-refractivity contribution in [2.45, 2.75) is 77.2 Å². The highest BCUT2D eigenvalue weighted by Gasteiger charge is 2.75. The molecule has 154 valence electrons. The summed E-state index contributed by atoms with van der Waals surface area (Å²) in [5.41, 5.74) is -4.61. The van der Waals surface area contributed by atoms with Crippen molar-refractivity contribution < 1.29 is 24.2 Å². The second-order valence-electron chi connectivity index (χ2n) is 9.94. The summed E-state index contributed by atoms with van der Waals surface area (Å²) in [5, 5.41) is 22.7. The summed E-state index contributed by atoms with van der Waals surface area (Å²) in [6.07, 6.45) is 5.18. The summed E-state index contributed by atoms with van der Waals surface area (Å²) in [6, 6.07) is 0. The molecule has 0 saturated heterocycles.